The summed E-state index contributed by atoms with van der Waals surface area (Å²) in [5.74, 6) is -2.10. The molecule has 4 N–H and O–H groups in total. The fraction of sp³-hybridized carbons (Fsp3) is 0.778. The Hall–Kier alpha value is -1.17. The van der Waals surface area contributed by atoms with Crippen LogP contribution in [0.3, 0.4) is 0 Å². The molecule has 0 aromatic carbocycles. The number of carbonyl (C=O) groups excluding carboxylic acids is 1. The number of aliphatic hydroxyl groups is 2. The van der Waals surface area contributed by atoms with Crippen LogP contribution in [0.4, 0.5) is 0 Å². The highest BCUT2D eigenvalue weighted by Crippen LogP contribution is 2.51. The molecule has 2 unspecified atom stereocenters. The van der Waals surface area contributed by atoms with Crippen molar-refractivity contribution in [2.24, 2.45) is 11.8 Å². The van der Waals surface area contributed by atoms with Crippen molar-refractivity contribution in [3.63, 3.8) is 0 Å². The lowest BCUT2D eigenvalue weighted by atomic mass is 9.79. The summed E-state index contributed by atoms with van der Waals surface area (Å²) in [6.07, 6.45) is -0.793. The summed E-state index contributed by atoms with van der Waals surface area (Å²) >= 11 is 1.49. The molecule has 10 heteroatoms. The van der Waals surface area contributed by atoms with Crippen molar-refractivity contribution < 1.29 is 34.4 Å². The Labute approximate surface area is 167 Å². The highest BCUT2D eigenvalue weighted by atomic mass is 32.2. The molecule has 0 aromatic heterocycles. The minimum atomic E-state index is -1.11. The Balaban J connectivity index is 1.46. The summed E-state index contributed by atoms with van der Waals surface area (Å²) in [5, 5.41) is 32.3. The lowest BCUT2D eigenvalue weighted by Gasteiger charge is -2.46. The van der Waals surface area contributed by atoms with E-state index < -0.39 is 24.3 Å². The summed E-state index contributed by atoms with van der Waals surface area (Å²) in [4.78, 5) is 26.3. The lowest BCUT2D eigenvalue weighted by Crippen LogP contribution is -2.63. The van der Waals surface area contributed by atoms with Gasteiger partial charge in [-0.2, -0.15) is 0 Å². The maximum atomic E-state index is 12.4. The van der Waals surface area contributed by atoms with Gasteiger partial charge in [0.25, 0.3) is 0 Å². The second-order valence-electron chi connectivity index (χ2n) is 7.90. The highest BCUT2D eigenvalue weighted by Gasteiger charge is 2.60. The molecule has 3 fully saturated rings. The average molecular weight is 414 g/mol. The Morgan fingerprint density at radius 3 is 2.82 bits per heavy atom. The van der Waals surface area contributed by atoms with Gasteiger partial charge in [-0.3, -0.25) is 4.79 Å². The van der Waals surface area contributed by atoms with E-state index in [4.69, 9.17) is 9.47 Å². The smallest absolute Gasteiger partial charge is 0.353 e. The van der Waals surface area contributed by atoms with Crippen LogP contribution in [-0.2, 0) is 19.1 Å². The first-order chi connectivity index (χ1) is 13.3. The van der Waals surface area contributed by atoms with E-state index in [0.717, 1.165) is 6.42 Å². The summed E-state index contributed by atoms with van der Waals surface area (Å²) in [6, 6.07) is -0.318. The second-order valence-corrected chi connectivity index (χ2v) is 9.25. The lowest BCUT2D eigenvalue weighted by molar-refractivity contribution is -0.163. The van der Waals surface area contributed by atoms with Gasteiger partial charge in [0.15, 0.2) is 6.29 Å². The molecule has 4 heterocycles. The number of carboxylic acid groups (broad SMARTS) is 1. The SMILES string of the molecule is C[C@@H](O)[C@H]1C(=O)N2C(C(=O)O)=C(S[C@@H]3CN[C@H](C4OCC(CO)O4)C3)[C@H](C)[C@H]12. The van der Waals surface area contributed by atoms with E-state index in [-0.39, 0.29) is 47.6 Å². The van der Waals surface area contributed by atoms with E-state index in [9.17, 15) is 24.9 Å². The summed E-state index contributed by atoms with van der Waals surface area (Å²) < 4.78 is 11.3. The largest absolute Gasteiger partial charge is 0.477 e. The van der Waals surface area contributed by atoms with E-state index in [1.807, 2.05) is 6.92 Å². The van der Waals surface area contributed by atoms with Gasteiger partial charge in [0.05, 0.1) is 37.3 Å². The summed E-state index contributed by atoms with van der Waals surface area (Å²) in [7, 11) is 0. The van der Waals surface area contributed by atoms with Gasteiger partial charge in [-0.1, -0.05) is 6.92 Å². The molecule has 156 valence electrons. The molecule has 0 bridgehead atoms. The van der Waals surface area contributed by atoms with Crippen LogP contribution in [0.1, 0.15) is 20.3 Å². The van der Waals surface area contributed by atoms with Gasteiger partial charge in [0.1, 0.15) is 11.8 Å². The molecule has 9 nitrogen and oxygen atoms in total. The molecule has 28 heavy (non-hydrogen) atoms. The third kappa shape index (κ3) is 3.16. The molecule has 3 saturated heterocycles. The minimum Gasteiger partial charge on any atom is -0.477 e. The molecule has 4 aliphatic heterocycles. The molecular weight excluding hydrogens is 388 g/mol. The number of rotatable bonds is 6. The number of aliphatic carboxylic acids is 1. The zero-order chi connectivity index (χ0) is 20.2. The first-order valence-electron chi connectivity index (χ1n) is 9.60. The fourth-order valence-electron chi connectivity index (χ4n) is 4.67. The average Bonchev–Trinajstić information content (AvgIpc) is 3.33. The van der Waals surface area contributed by atoms with Gasteiger partial charge in [-0.05, 0) is 13.3 Å². The predicted octanol–water partition coefficient (Wildman–Crippen LogP) is -0.662. The molecule has 4 rings (SSSR count). The Bertz CT molecular complexity index is 699. The standard InChI is InChI=1S/C18H26N2O7S/c1-7-13-12(8(2)22)16(23)20(13)14(17(24)25)15(7)28-10-3-11(19-4-10)18-26-6-9(5-21)27-18/h7-13,18-19,21-22H,3-6H2,1-2H3,(H,24,25)/t7-,8-,9?,10+,11+,12-,13-,18?/m1/s1. The Morgan fingerprint density at radius 2 is 2.21 bits per heavy atom. The molecule has 4 aliphatic rings. The number of nitrogens with one attached hydrogen (secondary N) is 1. The second kappa shape index (κ2) is 7.58. The topological polar surface area (TPSA) is 129 Å². The summed E-state index contributed by atoms with van der Waals surface area (Å²) in [5.41, 5.74) is 0.0570. The van der Waals surface area contributed by atoms with Crippen LogP contribution >= 0.6 is 11.8 Å². The zero-order valence-electron chi connectivity index (χ0n) is 15.8. The molecule has 0 saturated carbocycles. The number of hydrogen-bond donors (Lipinski definition) is 4. The van der Waals surface area contributed by atoms with E-state index in [1.54, 1.807) is 6.92 Å². The Kier molecular flexibility index (Phi) is 5.45. The fourth-order valence-corrected chi connectivity index (χ4v) is 6.16. The quantitative estimate of drug-likeness (QED) is 0.419. The minimum absolute atomic E-state index is 0.0245. The molecule has 8 atom stereocenters. The van der Waals surface area contributed by atoms with Crippen molar-refractivity contribution in [2.45, 2.75) is 56.1 Å². The maximum absolute atomic E-state index is 12.4. The number of amides is 1. The van der Waals surface area contributed by atoms with Gasteiger partial charge >= 0.3 is 5.97 Å². The van der Waals surface area contributed by atoms with Gasteiger partial charge in [0.2, 0.25) is 5.91 Å². The molecule has 0 aliphatic carbocycles. The monoisotopic (exact) mass is 414 g/mol. The number of β-lactam (4-membered cyclic amide) rings is 1. The normalized spacial score (nSPS) is 41.4. The van der Waals surface area contributed by atoms with E-state index >= 15 is 0 Å². The van der Waals surface area contributed by atoms with Crippen molar-refractivity contribution in [1.82, 2.24) is 10.2 Å². The van der Waals surface area contributed by atoms with Crippen molar-refractivity contribution in [3.8, 4) is 0 Å². The third-order valence-corrected chi connectivity index (χ3v) is 7.55. The van der Waals surface area contributed by atoms with Gasteiger partial charge in [0, 0.05) is 22.6 Å². The number of nitrogens with zero attached hydrogens (tertiary/aromatic N) is 1. The predicted molar refractivity (Wildman–Crippen MR) is 99.1 cm³/mol. The number of fused-ring (bicyclic) bond motifs is 1. The van der Waals surface area contributed by atoms with Crippen LogP contribution in [0.2, 0.25) is 0 Å². The highest BCUT2D eigenvalue weighted by molar-refractivity contribution is 8.03. The van der Waals surface area contributed by atoms with Gasteiger partial charge in [-0.15, -0.1) is 11.8 Å². The van der Waals surface area contributed by atoms with Crippen molar-refractivity contribution >= 4 is 23.6 Å². The van der Waals surface area contributed by atoms with Gasteiger partial charge < -0.3 is 35.0 Å². The van der Waals surface area contributed by atoms with Crippen molar-refractivity contribution in [1.29, 1.82) is 0 Å². The van der Waals surface area contributed by atoms with Crippen LogP contribution in [0.5, 0.6) is 0 Å². The maximum Gasteiger partial charge on any atom is 0.353 e. The van der Waals surface area contributed by atoms with Crippen LogP contribution in [-0.4, -0.2) is 87.7 Å². The van der Waals surface area contributed by atoms with Crippen molar-refractivity contribution in [3.05, 3.63) is 10.6 Å². The molecular formula is C18H26N2O7S. The number of thioether (sulfide) groups is 1. The van der Waals surface area contributed by atoms with Crippen LogP contribution in [0.15, 0.2) is 10.6 Å². The third-order valence-electron chi connectivity index (χ3n) is 6.03. The first-order valence-corrected chi connectivity index (χ1v) is 10.5. The zero-order valence-corrected chi connectivity index (χ0v) is 16.6. The van der Waals surface area contributed by atoms with Crippen molar-refractivity contribution in [2.75, 3.05) is 19.8 Å². The van der Waals surface area contributed by atoms with E-state index in [2.05, 4.69) is 5.32 Å². The number of ether oxygens (including phenoxy) is 2. The molecule has 0 aromatic rings. The molecule has 1 amide bonds. The van der Waals surface area contributed by atoms with Gasteiger partial charge in [-0.25, -0.2) is 4.79 Å². The van der Waals surface area contributed by atoms with Crippen LogP contribution < -0.4 is 5.32 Å². The number of carboxylic acids is 1. The van der Waals surface area contributed by atoms with E-state index in [1.165, 1.54) is 16.7 Å². The number of carbonyl (C=O) groups is 2. The summed E-state index contributed by atoms with van der Waals surface area (Å²) in [6.45, 7) is 4.45. The van der Waals surface area contributed by atoms with Crippen LogP contribution in [0, 0.1) is 11.8 Å². The van der Waals surface area contributed by atoms with Crippen LogP contribution in [0.25, 0.3) is 0 Å². The first kappa shape index (κ1) is 20.1. The number of aliphatic hydroxyl groups excluding tert-OH is 2. The number of hydrogen-bond acceptors (Lipinski definition) is 8. The van der Waals surface area contributed by atoms with E-state index in [0.29, 0.717) is 18.1 Å². The Morgan fingerprint density at radius 1 is 1.46 bits per heavy atom. The molecule has 0 spiro atoms. The molecule has 0 radical (unpaired) electrons.